The lowest BCUT2D eigenvalue weighted by Gasteiger charge is -2.37. The molecule has 0 aliphatic carbocycles. The maximum absolute atomic E-state index is 6.42. The Morgan fingerprint density at radius 2 is 1.50 bits per heavy atom. The highest BCUT2D eigenvalue weighted by Gasteiger charge is 2.37. The standard InChI is InChI=1S/C15H34O4Si3/c1-9-10-11-16-12-13-17-14-15-21(5,6)19-22(7,8)18-20(2,3)4/h9-11H,1,12-15H2,2-8H3. The van der Waals surface area contributed by atoms with Crippen LogP contribution in [-0.4, -0.2) is 45.0 Å². The van der Waals surface area contributed by atoms with Crippen molar-refractivity contribution in [3.63, 3.8) is 0 Å². The normalized spacial score (nSPS) is 13.6. The number of hydrogen-bond acceptors (Lipinski definition) is 4. The first-order valence-corrected chi connectivity index (χ1v) is 17.2. The van der Waals surface area contributed by atoms with Crippen LogP contribution in [0.4, 0.5) is 0 Å². The Kier molecular flexibility index (Phi) is 9.75. The zero-order valence-corrected chi connectivity index (χ0v) is 18.4. The first-order valence-electron chi connectivity index (χ1n) is 7.85. The average Bonchev–Trinajstić information content (AvgIpc) is 2.27. The summed E-state index contributed by atoms with van der Waals surface area (Å²) in [5, 5.41) is 0. The van der Waals surface area contributed by atoms with Gasteiger partial charge in [0.25, 0.3) is 0 Å². The Morgan fingerprint density at radius 1 is 0.864 bits per heavy atom. The van der Waals surface area contributed by atoms with Crippen LogP contribution in [0.5, 0.6) is 0 Å². The van der Waals surface area contributed by atoms with Gasteiger partial charge >= 0.3 is 8.56 Å². The monoisotopic (exact) mass is 362 g/mol. The third-order valence-electron chi connectivity index (χ3n) is 2.58. The van der Waals surface area contributed by atoms with Crippen molar-refractivity contribution < 1.29 is 17.7 Å². The molecule has 0 bridgehead atoms. The van der Waals surface area contributed by atoms with E-state index in [0.717, 1.165) is 6.04 Å². The smallest absolute Gasteiger partial charge is 0.311 e. The highest BCUT2D eigenvalue weighted by molar-refractivity contribution is 6.87. The van der Waals surface area contributed by atoms with Crippen LogP contribution in [0, 0.1) is 0 Å². The molecule has 0 atom stereocenters. The van der Waals surface area contributed by atoms with Crippen molar-refractivity contribution in [2.75, 3.05) is 19.8 Å². The molecule has 0 spiro atoms. The van der Waals surface area contributed by atoms with Crippen LogP contribution in [0.15, 0.2) is 25.0 Å². The molecule has 0 heterocycles. The number of rotatable bonds is 12. The number of allylic oxidation sites excluding steroid dienone is 2. The zero-order chi connectivity index (χ0) is 17.3. The summed E-state index contributed by atoms with van der Waals surface area (Å²) in [6.07, 6.45) is 5.07. The van der Waals surface area contributed by atoms with Crippen molar-refractivity contribution in [2.45, 2.75) is 51.9 Å². The van der Waals surface area contributed by atoms with Crippen LogP contribution in [0.2, 0.25) is 51.9 Å². The SMILES string of the molecule is C=CC=COCCOCC[Si](C)(C)O[Si](C)(C)O[Si](C)(C)C. The van der Waals surface area contributed by atoms with Crippen molar-refractivity contribution in [1.29, 1.82) is 0 Å². The Hall–Kier alpha value is -0.189. The second-order valence-electron chi connectivity index (χ2n) is 7.27. The van der Waals surface area contributed by atoms with Gasteiger partial charge in [-0.3, -0.25) is 0 Å². The largest absolute Gasteiger partial charge is 0.499 e. The topological polar surface area (TPSA) is 36.9 Å². The summed E-state index contributed by atoms with van der Waals surface area (Å²) in [5.41, 5.74) is 0. The first kappa shape index (κ1) is 21.8. The fraction of sp³-hybridized carbons (Fsp3) is 0.733. The van der Waals surface area contributed by atoms with Gasteiger partial charge in [0, 0.05) is 6.61 Å². The van der Waals surface area contributed by atoms with E-state index in [4.69, 9.17) is 17.7 Å². The van der Waals surface area contributed by atoms with E-state index in [9.17, 15) is 0 Å². The van der Waals surface area contributed by atoms with Crippen molar-refractivity contribution in [3.8, 4) is 0 Å². The minimum Gasteiger partial charge on any atom is -0.499 e. The fourth-order valence-electron chi connectivity index (χ4n) is 2.18. The lowest BCUT2D eigenvalue weighted by molar-refractivity contribution is 0.0918. The predicted molar refractivity (Wildman–Crippen MR) is 101 cm³/mol. The summed E-state index contributed by atoms with van der Waals surface area (Å²) in [4.78, 5) is 0. The first-order chi connectivity index (χ1) is 9.97. The van der Waals surface area contributed by atoms with Crippen LogP contribution in [0.3, 0.4) is 0 Å². The molecule has 0 unspecified atom stereocenters. The van der Waals surface area contributed by atoms with Crippen molar-refractivity contribution in [3.05, 3.63) is 25.0 Å². The Bertz CT molecular complexity index is 349. The maximum Gasteiger partial charge on any atom is 0.311 e. The number of hydrogen-bond donors (Lipinski definition) is 0. The maximum atomic E-state index is 6.42. The van der Waals surface area contributed by atoms with E-state index in [1.807, 2.05) is 0 Å². The molecule has 4 nitrogen and oxygen atoms in total. The van der Waals surface area contributed by atoms with Crippen LogP contribution >= 0.6 is 0 Å². The van der Waals surface area contributed by atoms with E-state index in [1.54, 1.807) is 18.4 Å². The quantitative estimate of drug-likeness (QED) is 0.222. The summed E-state index contributed by atoms with van der Waals surface area (Å²) in [7, 11) is -5.35. The molecular weight excluding hydrogens is 328 g/mol. The Morgan fingerprint density at radius 3 is 2.05 bits per heavy atom. The second kappa shape index (κ2) is 9.84. The molecular formula is C15H34O4Si3. The minimum absolute atomic E-state index is 0.562. The molecule has 0 saturated heterocycles. The summed E-state index contributed by atoms with van der Waals surface area (Å²) in [6.45, 7) is 20.9. The zero-order valence-electron chi connectivity index (χ0n) is 15.4. The molecule has 0 aliphatic heterocycles. The van der Waals surface area contributed by atoms with Gasteiger partial charge in [-0.15, -0.1) is 0 Å². The van der Waals surface area contributed by atoms with Gasteiger partial charge in [0.15, 0.2) is 16.6 Å². The third kappa shape index (κ3) is 13.5. The highest BCUT2D eigenvalue weighted by atomic mass is 28.5. The summed E-state index contributed by atoms with van der Waals surface area (Å²) in [6, 6.07) is 0.973. The molecule has 0 saturated carbocycles. The van der Waals surface area contributed by atoms with Gasteiger partial charge in [-0.1, -0.05) is 12.7 Å². The molecule has 130 valence electrons. The lowest BCUT2D eigenvalue weighted by Crippen LogP contribution is -2.51. The molecule has 0 fully saturated rings. The van der Waals surface area contributed by atoms with Gasteiger partial charge < -0.3 is 17.7 Å². The van der Waals surface area contributed by atoms with Crippen molar-refractivity contribution in [2.24, 2.45) is 0 Å². The molecule has 0 radical (unpaired) electrons. The second-order valence-corrected chi connectivity index (χ2v) is 20.0. The summed E-state index contributed by atoms with van der Waals surface area (Å²) in [5.74, 6) is 0. The highest BCUT2D eigenvalue weighted by Crippen LogP contribution is 2.22. The van der Waals surface area contributed by atoms with E-state index in [-0.39, 0.29) is 0 Å². The van der Waals surface area contributed by atoms with E-state index < -0.39 is 25.2 Å². The van der Waals surface area contributed by atoms with Crippen molar-refractivity contribution >= 4 is 25.2 Å². The molecule has 0 aliphatic rings. The minimum atomic E-state index is -2.04. The molecule has 0 rings (SSSR count). The molecule has 22 heavy (non-hydrogen) atoms. The van der Waals surface area contributed by atoms with Gasteiger partial charge in [0.1, 0.15) is 6.61 Å². The van der Waals surface area contributed by atoms with Gasteiger partial charge in [-0.2, -0.15) is 0 Å². The van der Waals surface area contributed by atoms with Crippen LogP contribution in [0.25, 0.3) is 0 Å². The molecule has 0 N–H and O–H groups in total. The lowest BCUT2D eigenvalue weighted by atomic mass is 10.6. The van der Waals surface area contributed by atoms with Crippen molar-refractivity contribution in [1.82, 2.24) is 0 Å². The van der Waals surface area contributed by atoms with E-state index in [2.05, 4.69) is 52.4 Å². The Balaban J connectivity index is 3.99. The van der Waals surface area contributed by atoms with E-state index >= 15 is 0 Å². The van der Waals surface area contributed by atoms with Gasteiger partial charge in [-0.05, 0) is 57.9 Å². The summed E-state index contributed by atoms with van der Waals surface area (Å²) >= 11 is 0. The fourth-order valence-corrected chi connectivity index (χ4v) is 15.0. The predicted octanol–water partition coefficient (Wildman–Crippen LogP) is 4.49. The van der Waals surface area contributed by atoms with E-state index in [1.165, 1.54) is 0 Å². The van der Waals surface area contributed by atoms with Crippen LogP contribution in [-0.2, 0) is 17.7 Å². The van der Waals surface area contributed by atoms with Crippen LogP contribution in [0.1, 0.15) is 0 Å². The molecule has 7 heteroatoms. The van der Waals surface area contributed by atoms with Gasteiger partial charge in [0.2, 0.25) is 0 Å². The van der Waals surface area contributed by atoms with E-state index in [0.29, 0.717) is 19.8 Å². The summed E-state index contributed by atoms with van der Waals surface area (Å²) < 4.78 is 23.5. The molecule has 0 aromatic carbocycles. The van der Waals surface area contributed by atoms with Gasteiger partial charge in [0.05, 0.1) is 12.9 Å². The van der Waals surface area contributed by atoms with Gasteiger partial charge in [-0.25, -0.2) is 0 Å². The average molecular weight is 363 g/mol. The number of ether oxygens (including phenoxy) is 2. The molecule has 0 amide bonds. The van der Waals surface area contributed by atoms with Crippen LogP contribution < -0.4 is 0 Å². The molecule has 0 aromatic rings. The molecule has 0 aromatic heterocycles. The third-order valence-corrected chi connectivity index (χ3v) is 12.6. The Labute approximate surface area is 140 Å².